The number of rotatable bonds is 7. The zero-order valence-corrected chi connectivity index (χ0v) is 16.5. The maximum absolute atomic E-state index is 13.9. The number of benzene rings is 2. The second-order valence-corrected chi connectivity index (χ2v) is 8.87. The van der Waals surface area contributed by atoms with Crippen molar-refractivity contribution in [3.05, 3.63) is 63.9 Å². The van der Waals surface area contributed by atoms with Crippen LogP contribution in [-0.2, 0) is 15.8 Å². The minimum absolute atomic E-state index is 0.0240. The molecule has 0 radical (unpaired) electrons. The number of hydrogen-bond acceptors (Lipinski definition) is 4. The Morgan fingerprint density at radius 3 is 2.58 bits per heavy atom. The molecule has 0 aromatic heterocycles. The number of hydrogen-bond donors (Lipinski definition) is 1. The van der Waals surface area contributed by atoms with Crippen molar-refractivity contribution < 1.29 is 22.7 Å². The summed E-state index contributed by atoms with van der Waals surface area (Å²) in [4.78, 5) is 11.1. The van der Waals surface area contributed by atoms with Gasteiger partial charge >= 0.3 is 5.97 Å². The number of halogens is 2. The van der Waals surface area contributed by atoms with Crippen molar-refractivity contribution in [2.24, 2.45) is 0 Å². The van der Waals surface area contributed by atoms with E-state index in [-0.39, 0.29) is 33.3 Å². The Kier molecular flexibility index (Phi) is 6.68. The number of aryl methyl sites for hydroxylation is 1. The fraction of sp³-hybridized carbons (Fsp3) is 0.235. The maximum atomic E-state index is 13.9. The van der Waals surface area contributed by atoms with E-state index in [1.807, 2.05) is 0 Å². The van der Waals surface area contributed by atoms with Crippen molar-refractivity contribution in [2.45, 2.75) is 24.5 Å². The molecule has 2 aromatic rings. The van der Waals surface area contributed by atoms with E-state index in [4.69, 9.17) is 11.6 Å². The first-order valence-corrected chi connectivity index (χ1v) is 10.4. The summed E-state index contributed by atoms with van der Waals surface area (Å²) >= 11 is 6.87. The molecule has 0 unspecified atom stereocenters. The average molecular weight is 418 g/mol. The summed E-state index contributed by atoms with van der Waals surface area (Å²) in [5, 5.41) is 9.41. The number of carboxylic acid groups (broad SMARTS) is 1. The third kappa shape index (κ3) is 4.37. The molecular weight excluding hydrogens is 401 g/mol. The Balaban J connectivity index is 2.31. The lowest BCUT2D eigenvalue weighted by molar-refractivity contribution is 0.0696. The summed E-state index contributed by atoms with van der Waals surface area (Å²) in [5.41, 5.74) is 0.595. The summed E-state index contributed by atoms with van der Waals surface area (Å²) in [7, 11) is -3.95. The van der Waals surface area contributed by atoms with Gasteiger partial charge in [0.05, 0.1) is 10.5 Å². The minimum atomic E-state index is -3.95. The van der Waals surface area contributed by atoms with Crippen LogP contribution in [0.3, 0.4) is 0 Å². The normalized spacial score (nSPS) is 11.7. The highest BCUT2D eigenvalue weighted by Gasteiger charge is 2.26. The summed E-state index contributed by atoms with van der Waals surface area (Å²) in [6.07, 6.45) is 0. The van der Waals surface area contributed by atoms with Crippen LogP contribution in [0.2, 0.25) is 5.02 Å². The number of nitrogens with zero attached hydrogens (tertiary/aromatic N) is 1. The van der Waals surface area contributed by atoms with E-state index < -0.39 is 21.8 Å². The summed E-state index contributed by atoms with van der Waals surface area (Å²) in [5.74, 6) is -1.69. The van der Waals surface area contributed by atoms with Gasteiger partial charge in [-0.2, -0.15) is 0 Å². The Hall–Kier alpha value is -1.61. The quantitative estimate of drug-likeness (QED) is 0.678. The second kappa shape index (κ2) is 8.39. The van der Waals surface area contributed by atoms with Gasteiger partial charge in [-0.25, -0.2) is 17.6 Å². The van der Waals surface area contributed by atoms with Gasteiger partial charge in [-0.1, -0.05) is 42.6 Å². The smallest absolute Gasteiger partial charge is 0.335 e. The molecule has 0 spiro atoms. The molecule has 0 fully saturated rings. The van der Waals surface area contributed by atoms with Gasteiger partial charge in [-0.3, -0.25) is 0 Å². The Morgan fingerprint density at radius 2 is 2.00 bits per heavy atom. The number of carbonyl (C=O) groups is 1. The van der Waals surface area contributed by atoms with Gasteiger partial charge in [0.15, 0.2) is 0 Å². The molecule has 0 aliphatic carbocycles. The van der Waals surface area contributed by atoms with E-state index in [1.54, 1.807) is 13.8 Å². The molecule has 0 heterocycles. The van der Waals surface area contributed by atoms with Gasteiger partial charge in [0.25, 0.3) is 10.0 Å². The summed E-state index contributed by atoms with van der Waals surface area (Å²) < 4.78 is 40.6. The molecule has 0 saturated carbocycles. The van der Waals surface area contributed by atoms with Crippen LogP contribution in [0.5, 0.6) is 0 Å². The molecule has 0 amide bonds. The van der Waals surface area contributed by atoms with Gasteiger partial charge in [-0.05, 0) is 36.8 Å². The van der Waals surface area contributed by atoms with Crippen LogP contribution in [-0.4, -0.2) is 29.7 Å². The first kappa shape index (κ1) is 20.7. The summed E-state index contributed by atoms with van der Waals surface area (Å²) in [6.45, 7) is 3.35. The average Bonchev–Trinajstić information content (AvgIpc) is 2.57. The maximum Gasteiger partial charge on any atom is 0.335 e. The van der Waals surface area contributed by atoms with Crippen molar-refractivity contribution in [1.82, 2.24) is 3.71 Å². The van der Waals surface area contributed by atoms with E-state index >= 15 is 0 Å². The van der Waals surface area contributed by atoms with Crippen LogP contribution < -0.4 is 0 Å². The SMILES string of the molecule is CCN(SCc1c(F)cccc1Cl)S(=O)(=O)c1ccc(C)c(C(=O)O)c1. The van der Waals surface area contributed by atoms with Crippen LogP contribution in [0, 0.1) is 12.7 Å². The number of aromatic carboxylic acids is 1. The van der Waals surface area contributed by atoms with Crippen molar-refractivity contribution in [3.8, 4) is 0 Å². The Bertz CT molecular complexity index is 914. The van der Waals surface area contributed by atoms with Gasteiger partial charge in [-0.15, -0.1) is 3.71 Å². The highest BCUT2D eigenvalue weighted by atomic mass is 35.5. The molecule has 2 aromatic carbocycles. The molecule has 140 valence electrons. The van der Waals surface area contributed by atoms with E-state index in [9.17, 15) is 22.7 Å². The zero-order valence-electron chi connectivity index (χ0n) is 14.1. The predicted octanol–water partition coefficient (Wildman–Crippen LogP) is 4.34. The molecule has 0 bridgehead atoms. The standard InChI is InChI=1S/C17H17ClFNO4S2/c1-3-20(25-10-14-15(18)5-4-6-16(14)19)26(23,24)12-8-7-11(2)13(9-12)17(21)22/h4-9H,3,10H2,1-2H3,(H,21,22). The molecule has 26 heavy (non-hydrogen) atoms. The molecular formula is C17H17ClFNO4S2. The largest absolute Gasteiger partial charge is 0.478 e. The van der Waals surface area contributed by atoms with Gasteiger partial charge in [0.2, 0.25) is 0 Å². The Morgan fingerprint density at radius 1 is 1.31 bits per heavy atom. The van der Waals surface area contributed by atoms with Gasteiger partial charge < -0.3 is 5.11 Å². The fourth-order valence-corrected chi connectivity index (χ4v) is 5.36. The lowest BCUT2D eigenvalue weighted by Gasteiger charge is -2.20. The van der Waals surface area contributed by atoms with Gasteiger partial charge in [0.1, 0.15) is 5.82 Å². The van der Waals surface area contributed by atoms with E-state index in [0.29, 0.717) is 5.56 Å². The fourth-order valence-electron chi connectivity index (χ4n) is 2.25. The number of carboxylic acids is 1. The van der Waals surface area contributed by atoms with Crippen LogP contribution in [0.4, 0.5) is 4.39 Å². The molecule has 0 atom stereocenters. The van der Waals surface area contributed by atoms with Crippen LogP contribution in [0.15, 0.2) is 41.3 Å². The van der Waals surface area contributed by atoms with Crippen LogP contribution in [0.1, 0.15) is 28.4 Å². The first-order valence-electron chi connectivity index (χ1n) is 7.61. The van der Waals surface area contributed by atoms with Crippen molar-refractivity contribution >= 4 is 39.5 Å². The minimum Gasteiger partial charge on any atom is -0.478 e. The van der Waals surface area contributed by atoms with Crippen molar-refractivity contribution in [1.29, 1.82) is 0 Å². The van der Waals surface area contributed by atoms with E-state index in [1.165, 1.54) is 30.3 Å². The molecule has 0 saturated heterocycles. The van der Waals surface area contributed by atoms with Gasteiger partial charge in [0, 0.05) is 22.9 Å². The van der Waals surface area contributed by atoms with Crippen LogP contribution >= 0.6 is 23.5 Å². The van der Waals surface area contributed by atoms with Crippen molar-refractivity contribution in [2.75, 3.05) is 6.54 Å². The molecule has 2 rings (SSSR count). The first-order chi connectivity index (χ1) is 12.2. The number of sulfonamides is 1. The molecule has 1 N–H and O–H groups in total. The van der Waals surface area contributed by atoms with E-state index in [2.05, 4.69) is 0 Å². The molecule has 5 nitrogen and oxygen atoms in total. The lowest BCUT2D eigenvalue weighted by Crippen LogP contribution is -2.25. The highest BCUT2D eigenvalue weighted by molar-refractivity contribution is 8.08. The predicted molar refractivity (Wildman–Crippen MR) is 100 cm³/mol. The van der Waals surface area contributed by atoms with Crippen molar-refractivity contribution in [3.63, 3.8) is 0 Å². The molecule has 0 aliphatic rings. The zero-order chi connectivity index (χ0) is 19.5. The molecule has 9 heteroatoms. The monoisotopic (exact) mass is 417 g/mol. The third-order valence-electron chi connectivity index (χ3n) is 3.68. The van der Waals surface area contributed by atoms with E-state index in [0.717, 1.165) is 21.7 Å². The third-order valence-corrected chi connectivity index (χ3v) is 7.55. The highest BCUT2D eigenvalue weighted by Crippen LogP contribution is 2.30. The van der Waals surface area contributed by atoms with Crippen LogP contribution in [0.25, 0.3) is 0 Å². The lowest BCUT2D eigenvalue weighted by atomic mass is 10.1. The second-order valence-electron chi connectivity index (χ2n) is 5.38. The molecule has 0 aliphatic heterocycles. The summed E-state index contributed by atoms with van der Waals surface area (Å²) in [6, 6.07) is 8.20. The topological polar surface area (TPSA) is 74.7 Å². The Labute approximate surface area is 161 Å².